The number of rotatable bonds is 2. The van der Waals surface area contributed by atoms with Gasteiger partial charge in [0, 0.05) is 5.92 Å². The summed E-state index contributed by atoms with van der Waals surface area (Å²) in [4.78, 5) is 13.0. The third-order valence-electron chi connectivity index (χ3n) is 2.99. The highest BCUT2D eigenvalue weighted by Gasteiger charge is 2.21. The van der Waals surface area contributed by atoms with E-state index in [0.717, 1.165) is 17.7 Å². The van der Waals surface area contributed by atoms with Gasteiger partial charge in [0.1, 0.15) is 0 Å². The van der Waals surface area contributed by atoms with E-state index in [1.807, 2.05) is 17.5 Å². The summed E-state index contributed by atoms with van der Waals surface area (Å²) in [6.45, 7) is 0. The van der Waals surface area contributed by atoms with Crippen LogP contribution in [0.2, 0.25) is 0 Å². The van der Waals surface area contributed by atoms with Crippen molar-refractivity contribution in [1.29, 1.82) is 0 Å². The lowest BCUT2D eigenvalue weighted by atomic mass is 9.95. The van der Waals surface area contributed by atoms with Gasteiger partial charge >= 0.3 is 0 Å². The van der Waals surface area contributed by atoms with E-state index < -0.39 is 0 Å². The molecule has 1 nitrogen and oxygen atoms in total. The summed E-state index contributed by atoms with van der Waals surface area (Å²) in [5.74, 6) is 0.707. The smallest absolute Gasteiger partial charge is 0.175 e. The largest absolute Gasteiger partial charge is 0.293 e. The average Bonchev–Trinajstić information content (AvgIpc) is 2.59. The average molecular weight is 208 g/mol. The quantitative estimate of drug-likeness (QED) is 0.532. The van der Waals surface area contributed by atoms with Crippen LogP contribution in [-0.2, 0) is 0 Å². The molecule has 0 spiro atoms. The van der Waals surface area contributed by atoms with Crippen molar-refractivity contribution in [2.45, 2.75) is 38.5 Å². The third kappa shape index (κ3) is 2.24. The summed E-state index contributed by atoms with van der Waals surface area (Å²) in [6.07, 6.45) is 7.32. The molecule has 2 heteroatoms. The van der Waals surface area contributed by atoms with Crippen molar-refractivity contribution in [1.82, 2.24) is 0 Å². The predicted molar refractivity (Wildman–Crippen MR) is 59.8 cm³/mol. The first-order valence-corrected chi connectivity index (χ1v) is 6.33. The van der Waals surface area contributed by atoms with Gasteiger partial charge in [-0.1, -0.05) is 31.7 Å². The van der Waals surface area contributed by atoms with Crippen molar-refractivity contribution in [3.63, 3.8) is 0 Å². The number of hydrogen-bond acceptors (Lipinski definition) is 2. The molecule has 1 aliphatic rings. The van der Waals surface area contributed by atoms with Crippen LogP contribution in [0.5, 0.6) is 0 Å². The van der Waals surface area contributed by atoms with E-state index >= 15 is 0 Å². The molecule has 0 N–H and O–H groups in total. The molecule has 0 amide bonds. The highest BCUT2D eigenvalue weighted by Crippen LogP contribution is 2.27. The van der Waals surface area contributed by atoms with Gasteiger partial charge in [0.2, 0.25) is 0 Å². The number of thiophene rings is 1. The highest BCUT2D eigenvalue weighted by atomic mass is 32.1. The van der Waals surface area contributed by atoms with Crippen LogP contribution in [-0.4, -0.2) is 5.78 Å². The molecule has 0 atom stereocenters. The van der Waals surface area contributed by atoms with Crippen LogP contribution in [0.4, 0.5) is 0 Å². The zero-order chi connectivity index (χ0) is 9.80. The van der Waals surface area contributed by atoms with Crippen LogP contribution in [0.25, 0.3) is 0 Å². The second kappa shape index (κ2) is 4.74. The van der Waals surface area contributed by atoms with Gasteiger partial charge in [-0.05, 0) is 24.3 Å². The molecule has 14 heavy (non-hydrogen) atoms. The van der Waals surface area contributed by atoms with E-state index in [0.29, 0.717) is 11.7 Å². The van der Waals surface area contributed by atoms with Gasteiger partial charge in [0.05, 0.1) is 4.88 Å². The van der Waals surface area contributed by atoms with Crippen LogP contribution >= 0.6 is 11.3 Å². The molecule has 0 aromatic carbocycles. The molecule has 1 aliphatic carbocycles. The molecule has 1 heterocycles. The Hall–Kier alpha value is -0.630. The fourth-order valence-electron chi connectivity index (χ4n) is 2.16. The molecule has 1 aromatic rings. The molecule has 0 aliphatic heterocycles. The lowest BCUT2D eigenvalue weighted by Crippen LogP contribution is -2.12. The second-order valence-electron chi connectivity index (χ2n) is 4.03. The minimum absolute atomic E-state index is 0.316. The summed E-state index contributed by atoms with van der Waals surface area (Å²) in [5.41, 5.74) is 0. The van der Waals surface area contributed by atoms with Gasteiger partial charge < -0.3 is 0 Å². The van der Waals surface area contributed by atoms with E-state index in [-0.39, 0.29) is 0 Å². The molecular formula is C12H16OS. The number of carbonyl (C=O) groups excluding carboxylic acids is 1. The lowest BCUT2D eigenvalue weighted by molar-refractivity contribution is 0.0912. The van der Waals surface area contributed by atoms with E-state index in [9.17, 15) is 4.79 Å². The molecule has 0 radical (unpaired) electrons. The van der Waals surface area contributed by atoms with Gasteiger partial charge in [0.25, 0.3) is 0 Å². The zero-order valence-electron chi connectivity index (χ0n) is 8.37. The van der Waals surface area contributed by atoms with Crippen molar-refractivity contribution in [2.24, 2.45) is 5.92 Å². The van der Waals surface area contributed by atoms with Gasteiger partial charge in [-0.15, -0.1) is 11.3 Å². The number of carbonyl (C=O) groups is 1. The van der Waals surface area contributed by atoms with E-state index in [1.54, 1.807) is 11.3 Å². The topological polar surface area (TPSA) is 17.1 Å². The molecule has 2 rings (SSSR count). The number of ketones is 1. The summed E-state index contributed by atoms with van der Waals surface area (Å²) in [7, 11) is 0. The van der Waals surface area contributed by atoms with Crippen molar-refractivity contribution in [2.75, 3.05) is 0 Å². The maximum atomic E-state index is 12.0. The van der Waals surface area contributed by atoms with Crippen LogP contribution in [0.15, 0.2) is 17.5 Å². The minimum Gasteiger partial charge on any atom is -0.293 e. The van der Waals surface area contributed by atoms with Crippen molar-refractivity contribution >= 4 is 17.1 Å². The molecule has 76 valence electrons. The first kappa shape index (κ1) is 9.91. The Morgan fingerprint density at radius 1 is 1.21 bits per heavy atom. The minimum atomic E-state index is 0.316. The molecule has 0 bridgehead atoms. The first-order valence-electron chi connectivity index (χ1n) is 5.45. The summed E-state index contributed by atoms with van der Waals surface area (Å²) < 4.78 is 0. The fraction of sp³-hybridized carbons (Fsp3) is 0.583. The summed E-state index contributed by atoms with van der Waals surface area (Å²) in [6, 6.07) is 3.92. The molecule has 1 saturated carbocycles. The highest BCUT2D eigenvalue weighted by molar-refractivity contribution is 7.12. The standard InChI is InChI=1S/C12H16OS/c13-12(11-8-5-9-14-11)10-6-3-1-2-4-7-10/h5,8-10H,1-4,6-7H2. The Kier molecular flexibility index (Phi) is 3.35. The Morgan fingerprint density at radius 2 is 1.93 bits per heavy atom. The van der Waals surface area contributed by atoms with Crippen LogP contribution in [0, 0.1) is 5.92 Å². The summed E-state index contributed by atoms with van der Waals surface area (Å²) >= 11 is 1.58. The summed E-state index contributed by atoms with van der Waals surface area (Å²) in [5, 5.41) is 1.99. The monoisotopic (exact) mass is 208 g/mol. The van der Waals surface area contributed by atoms with Gasteiger partial charge in [-0.3, -0.25) is 4.79 Å². The van der Waals surface area contributed by atoms with Gasteiger partial charge in [-0.25, -0.2) is 0 Å². The van der Waals surface area contributed by atoms with Crippen molar-refractivity contribution in [3.05, 3.63) is 22.4 Å². The Labute approximate surface area is 89.1 Å². The van der Waals surface area contributed by atoms with Crippen LogP contribution in [0.1, 0.15) is 48.2 Å². The lowest BCUT2D eigenvalue weighted by Gasteiger charge is -2.10. The Morgan fingerprint density at radius 3 is 2.50 bits per heavy atom. The Balaban J connectivity index is 2.03. The van der Waals surface area contributed by atoms with Crippen molar-refractivity contribution in [3.8, 4) is 0 Å². The fourth-order valence-corrected chi connectivity index (χ4v) is 2.91. The van der Waals surface area contributed by atoms with Gasteiger partial charge in [0.15, 0.2) is 5.78 Å². The Bertz CT molecular complexity index is 281. The molecule has 1 fully saturated rings. The number of hydrogen-bond donors (Lipinski definition) is 0. The number of Topliss-reactive ketones (excluding diaryl/α,β-unsaturated/α-hetero) is 1. The van der Waals surface area contributed by atoms with E-state index in [2.05, 4.69) is 0 Å². The maximum absolute atomic E-state index is 12.0. The third-order valence-corrected chi connectivity index (χ3v) is 3.87. The molecular weight excluding hydrogens is 192 g/mol. The van der Waals surface area contributed by atoms with Crippen LogP contribution in [0.3, 0.4) is 0 Å². The molecule has 0 saturated heterocycles. The normalized spacial score (nSPS) is 19.1. The van der Waals surface area contributed by atoms with E-state index in [4.69, 9.17) is 0 Å². The molecule has 1 aromatic heterocycles. The second-order valence-corrected chi connectivity index (χ2v) is 4.98. The zero-order valence-corrected chi connectivity index (χ0v) is 9.19. The van der Waals surface area contributed by atoms with Gasteiger partial charge in [-0.2, -0.15) is 0 Å². The first-order chi connectivity index (χ1) is 6.88. The SMILES string of the molecule is O=C(c1cccs1)C1CCCCCC1. The predicted octanol–water partition coefficient (Wildman–Crippen LogP) is 3.90. The van der Waals surface area contributed by atoms with Crippen molar-refractivity contribution < 1.29 is 4.79 Å². The molecule has 0 unspecified atom stereocenters. The maximum Gasteiger partial charge on any atom is 0.175 e. The van der Waals surface area contributed by atoms with Crippen LogP contribution < -0.4 is 0 Å². The van der Waals surface area contributed by atoms with E-state index in [1.165, 1.54) is 25.7 Å².